The number of hydrogen-bond acceptors (Lipinski definition) is 6. The van der Waals surface area contributed by atoms with Crippen LogP contribution in [0.15, 0.2) is 53.1 Å². The van der Waals surface area contributed by atoms with E-state index in [0.29, 0.717) is 31.0 Å². The van der Waals surface area contributed by atoms with Gasteiger partial charge in [0, 0.05) is 26.2 Å². The van der Waals surface area contributed by atoms with Crippen molar-refractivity contribution in [2.24, 2.45) is 0 Å². The van der Waals surface area contributed by atoms with Gasteiger partial charge in [0.15, 0.2) is 0 Å². The molecule has 1 aliphatic heterocycles. The summed E-state index contributed by atoms with van der Waals surface area (Å²) in [6, 6.07) is 13.4. The number of para-hydroxylation sites is 1. The van der Waals surface area contributed by atoms with Crippen LogP contribution >= 0.6 is 0 Å². The van der Waals surface area contributed by atoms with Crippen molar-refractivity contribution in [3.05, 3.63) is 71.4 Å². The van der Waals surface area contributed by atoms with Crippen molar-refractivity contribution in [2.45, 2.75) is 32.7 Å². The van der Waals surface area contributed by atoms with Crippen molar-refractivity contribution in [1.82, 2.24) is 19.6 Å². The van der Waals surface area contributed by atoms with Crippen LogP contribution in [-0.4, -0.2) is 64.7 Å². The summed E-state index contributed by atoms with van der Waals surface area (Å²) in [6.45, 7) is 5.61. The summed E-state index contributed by atoms with van der Waals surface area (Å²) < 4.78 is 12.2. The predicted octanol–water partition coefficient (Wildman–Crippen LogP) is 3.55. The first-order valence-corrected chi connectivity index (χ1v) is 11.4. The highest BCUT2D eigenvalue weighted by molar-refractivity contribution is 5.95. The molecule has 1 saturated heterocycles. The quantitative estimate of drug-likeness (QED) is 0.512. The second-order valence-corrected chi connectivity index (χ2v) is 8.18. The number of benzene rings is 1. The molecule has 0 bridgehead atoms. The van der Waals surface area contributed by atoms with Gasteiger partial charge in [0.25, 0.3) is 5.91 Å². The monoisotopic (exact) mass is 450 g/mol. The van der Waals surface area contributed by atoms with Crippen LogP contribution in [0.5, 0.6) is 0 Å². The summed E-state index contributed by atoms with van der Waals surface area (Å²) in [5.41, 5.74) is 2.61. The Labute approximate surface area is 193 Å². The molecule has 1 fully saturated rings. The number of carbonyl (C=O) groups excluding carboxylic acids is 2. The minimum atomic E-state index is -0.479. The predicted molar refractivity (Wildman–Crippen MR) is 123 cm³/mol. The van der Waals surface area contributed by atoms with Crippen LogP contribution in [-0.2, 0) is 17.7 Å². The first kappa shape index (κ1) is 22.8. The van der Waals surface area contributed by atoms with Crippen LogP contribution in [0.4, 0.5) is 0 Å². The van der Waals surface area contributed by atoms with Gasteiger partial charge in [-0.2, -0.15) is 5.10 Å². The highest BCUT2D eigenvalue weighted by Gasteiger charge is 2.25. The standard InChI is InChI=1S/C25H30N4O4/c1-3-8-22-21(17-26-29(22)19-9-5-4-6-10-19)24(30)28-14-7-13-27(15-16-28)18-20-11-12-23(33-20)25(31)32-2/h4-6,9-12,17H,3,7-8,13-16,18H2,1-2H3. The lowest BCUT2D eigenvalue weighted by atomic mass is 10.1. The number of rotatable bonds is 7. The van der Waals surface area contributed by atoms with Crippen LogP contribution in [0, 0.1) is 0 Å². The maximum Gasteiger partial charge on any atom is 0.373 e. The lowest BCUT2D eigenvalue weighted by molar-refractivity contribution is 0.0560. The number of methoxy groups -OCH3 is 1. The van der Waals surface area contributed by atoms with Gasteiger partial charge in [0.2, 0.25) is 5.76 Å². The minimum Gasteiger partial charge on any atom is -0.463 e. The first-order valence-electron chi connectivity index (χ1n) is 11.4. The molecule has 0 saturated carbocycles. The molecule has 0 radical (unpaired) electrons. The van der Waals surface area contributed by atoms with Gasteiger partial charge < -0.3 is 14.1 Å². The zero-order valence-corrected chi connectivity index (χ0v) is 19.2. The Bertz CT molecular complexity index is 1090. The van der Waals surface area contributed by atoms with E-state index in [1.807, 2.05) is 39.9 Å². The topological polar surface area (TPSA) is 80.8 Å². The zero-order valence-electron chi connectivity index (χ0n) is 19.2. The van der Waals surface area contributed by atoms with E-state index in [-0.39, 0.29) is 11.7 Å². The number of esters is 1. The van der Waals surface area contributed by atoms with Crippen LogP contribution in [0.2, 0.25) is 0 Å². The molecule has 33 heavy (non-hydrogen) atoms. The first-order chi connectivity index (χ1) is 16.1. The summed E-state index contributed by atoms with van der Waals surface area (Å²) in [6.07, 6.45) is 4.30. The fourth-order valence-electron chi connectivity index (χ4n) is 4.22. The second-order valence-electron chi connectivity index (χ2n) is 8.18. The highest BCUT2D eigenvalue weighted by atomic mass is 16.5. The molecule has 0 unspecified atom stereocenters. The fourth-order valence-corrected chi connectivity index (χ4v) is 4.22. The lowest BCUT2D eigenvalue weighted by Gasteiger charge is -2.21. The summed E-state index contributed by atoms with van der Waals surface area (Å²) in [4.78, 5) is 29.2. The second kappa shape index (κ2) is 10.5. The number of aromatic nitrogens is 2. The molecule has 0 spiro atoms. The third kappa shape index (κ3) is 5.17. The van der Waals surface area contributed by atoms with E-state index in [4.69, 9.17) is 9.15 Å². The third-order valence-corrected chi connectivity index (χ3v) is 5.89. The van der Waals surface area contributed by atoms with E-state index in [0.717, 1.165) is 43.7 Å². The van der Waals surface area contributed by atoms with E-state index in [1.54, 1.807) is 18.3 Å². The van der Waals surface area contributed by atoms with E-state index < -0.39 is 5.97 Å². The van der Waals surface area contributed by atoms with E-state index in [9.17, 15) is 9.59 Å². The van der Waals surface area contributed by atoms with Crippen molar-refractivity contribution in [3.8, 4) is 5.69 Å². The van der Waals surface area contributed by atoms with Gasteiger partial charge in [0.05, 0.1) is 36.8 Å². The van der Waals surface area contributed by atoms with Crippen molar-refractivity contribution in [1.29, 1.82) is 0 Å². The number of carbonyl (C=O) groups is 2. The zero-order chi connectivity index (χ0) is 23.2. The average Bonchev–Trinajstić information content (AvgIpc) is 3.41. The third-order valence-electron chi connectivity index (χ3n) is 5.89. The van der Waals surface area contributed by atoms with E-state index in [1.165, 1.54) is 7.11 Å². The molecule has 8 heteroatoms. The number of nitrogens with zero attached hydrogens (tertiary/aromatic N) is 4. The molecule has 1 amide bonds. The van der Waals surface area contributed by atoms with Gasteiger partial charge in [-0.1, -0.05) is 31.5 Å². The maximum absolute atomic E-state index is 13.5. The molecule has 0 atom stereocenters. The molecular formula is C25H30N4O4. The molecule has 2 aromatic heterocycles. The number of ether oxygens (including phenoxy) is 1. The van der Waals surface area contributed by atoms with Gasteiger partial charge >= 0.3 is 5.97 Å². The molecule has 174 valence electrons. The van der Waals surface area contributed by atoms with Gasteiger partial charge in [-0.15, -0.1) is 0 Å². The Balaban J connectivity index is 1.44. The summed E-state index contributed by atoms with van der Waals surface area (Å²) in [5, 5.41) is 4.55. The molecule has 4 rings (SSSR count). The smallest absolute Gasteiger partial charge is 0.373 e. The average molecular weight is 451 g/mol. The molecule has 3 aromatic rings. The Morgan fingerprint density at radius 1 is 1.06 bits per heavy atom. The van der Waals surface area contributed by atoms with Crippen molar-refractivity contribution < 1.29 is 18.7 Å². The molecular weight excluding hydrogens is 420 g/mol. The van der Waals surface area contributed by atoms with Crippen LogP contribution in [0.1, 0.15) is 52.1 Å². The maximum atomic E-state index is 13.5. The summed E-state index contributed by atoms with van der Waals surface area (Å²) in [7, 11) is 1.33. The molecule has 8 nitrogen and oxygen atoms in total. The summed E-state index contributed by atoms with van der Waals surface area (Å²) >= 11 is 0. The van der Waals surface area contributed by atoms with Crippen LogP contribution in [0.25, 0.3) is 5.69 Å². The number of furan rings is 1. The Kier molecular flexibility index (Phi) is 7.24. The molecule has 3 heterocycles. The van der Waals surface area contributed by atoms with E-state index in [2.05, 4.69) is 16.9 Å². The van der Waals surface area contributed by atoms with E-state index >= 15 is 0 Å². The fraction of sp³-hybridized carbons (Fsp3) is 0.400. The van der Waals surface area contributed by atoms with Gasteiger partial charge in [-0.3, -0.25) is 9.69 Å². The molecule has 0 N–H and O–H groups in total. The van der Waals surface area contributed by atoms with Gasteiger partial charge in [-0.25, -0.2) is 9.48 Å². The Morgan fingerprint density at radius 2 is 1.88 bits per heavy atom. The lowest BCUT2D eigenvalue weighted by Crippen LogP contribution is -2.35. The normalized spacial score (nSPS) is 14.8. The van der Waals surface area contributed by atoms with Crippen LogP contribution < -0.4 is 0 Å². The van der Waals surface area contributed by atoms with Crippen LogP contribution in [0.3, 0.4) is 0 Å². The highest BCUT2D eigenvalue weighted by Crippen LogP contribution is 2.20. The summed E-state index contributed by atoms with van der Waals surface area (Å²) in [5.74, 6) is 0.476. The molecule has 1 aromatic carbocycles. The Morgan fingerprint density at radius 3 is 2.64 bits per heavy atom. The largest absolute Gasteiger partial charge is 0.463 e. The van der Waals surface area contributed by atoms with Crippen molar-refractivity contribution >= 4 is 11.9 Å². The van der Waals surface area contributed by atoms with Crippen molar-refractivity contribution in [2.75, 3.05) is 33.3 Å². The molecule has 0 aliphatic carbocycles. The number of amides is 1. The Hall–Kier alpha value is -3.39. The number of hydrogen-bond donors (Lipinski definition) is 0. The van der Waals surface area contributed by atoms with Crippen molar-refractivity contribution in [3.63, 3.8) is 0 Å². The minimum absolute atomic E-state index is 0.0356. The SMILES string of the molecule is CCCc1c(C(=O)N2CCCN(Cc3ccc(C(=O)OC)o3)CC2)cnn1-c1ccccc1. The molecule has 1 aliphatic rings. The van der Waals surface area contributed by atoms with Gasteiger partial charge in [-0.05, 0) is 37.1 Å². The van der Waals surface area contributed by atoms with Gasteiger partial charge in [0.1, 0.15) is 5.76 Å².